The molecule has 1 aromatic heterocycles. The molecule has 4 heteroatoms. The quantitative estimate of drug-likeness (QED) is 0.901. The lowest BCUT2D eigenvalue weighted by molar-refractivity contribution is 0.684. The molecule has 0 radical (unpaired) electrons. The molecule has 88 valence electrons. The van der Waals surface area contributed by atoms with Crippen LogP contribution in [-0.2, 0) is 6.54 Å². The zero-order valence-corrected chi connectivity index (χ0v) is 10.2. The highest BCUT2D eigenvalue weighted by molar-refractivity contribution is 6.32. The highest BCUT2D eigenvalue weighted by Gasteiger charge is 2.20. The number of rotatable bonds is 4. The summed E-state index contributed by atoms with van der Waals surface area (Å²) in [5.41, 5.74) is 2.24. The van der Waals surface area contributed by atoms with Gasteiger partial charge in [-0.1, -0.05) is 23.7 Å². The molecular weight excluding hydrogens is 234 g/mol. The second kappa shape index (κ2) is 4.51. The molecule has 1 aliphatic rings. The minimum absolute atomic E-state index is 0.699. The Bertz CT molecular complexity index is 503. The van der Waals surface area contributed by atoms with E-state index in [0.29, 0.717) is 6.04 Å². The topological polar surface area (TPSA) is 29.9 Å². The SMILES string of the molecule is Clc1cccc(CNC2CC2)c1-n1ccnc1. The zero-order chi connectivity index (χ0) is 11.7. The van der Waals surface area contributed by atoms with Crippen molar-refractivity contribution in [1.82, 2.24) is 14.9 Å². The van der Waals surface area contributed by atoms with Crippen LogP contribution < -0.4 is 5.32 Å². The Balaban J connectivity index is 1.92. The first kappa shape index (κ1) is 10.8. The summed E-state index contributed by atoms with van der Waals surface area (Å²) in [5.74, 6) is 0. The fourth-order valence-corrected chi connectivity index (χ4v) is 2.22. The third-order valence-corrected chi connectivity index (χ3v) is 3.30. The number of benzene rings is 1. The van der Waals surface area contributed by atoms with Crippen molar-refractivity contribution in [1.29, 1.82) is 0 Å². The summed E-state index contributed by atoms with van der Waals surface area (Å²) in [6.45, 7) is 0.860. The third kappa shape index (κ3) is 2.35. The van der Waals surface area contributed by atoms with Gasteiger partial charge in [0, 0.05) is 25.0 Å². The second-order valence-electron chi connectivity index (χ2n) is 4.37. The molecule has 0 unspecified atom stereocenters. The highest BCUT2D eigenvalue weighted by atomic mass is 35.5. The van der Waals surface area contributed by atoms with Crippen LogP contribution in [0.2, 0.25) is 5.02 Å². The lowest BCUT2D eigenvalue weighted by atomic mass is 10.1. The predicted molar refractivity (Wildman–Crippen MR) is 68.4 cm³/mol. The van der Waals surface area contributed by atoms with Crippen LogP contribution in [0.25, 0.3) is 5.69 Å². The van der Waals surface area contributed by atoms with Crippen molar-refractivity contribution in [2.75, 3.05) is 0 Å². The first-order valence-electron chi connectivity index (χ1n) is 5.84. The Labute approximate surface area is 105 Å². The molecule has 3 nitrogen and oxygen atoms in total. The largest absolute Gasteiger partial charge is 0.310 e. The van der Waals surface area contributed by atoms with Gasteiger partial charge in [0.15, 0.2) is 0 Å². The number of hydrogen-bond acceptors (Lipinski definition) is 2. The molecule has 0 bridgehead atoms. The number of halogens is 1. The van der Waals surface area contributed by atoms with E-state index in [0.717, 1.165) is 17.3 Å². The Morgan fingerprint density at radius 1 is 1.41 bits per heavy atom. The third-order valence-electron chi connectivity index (χ3n) is 2.99. The van der Waals surface area contributed by atoms with Crippen LogP contribution >= 0.6 is 11.6 Å². The lowest BCUT2D eigenvalue weighted by Crippen LogP contribution is -2.16. The Morgan fingerprint density at radius 2 is 2.29 bits per heavy atom. The highest BCUT2D eigenvalue weighted by Crippen LogP contribution is 2.26. The van der Waals surface area contributed by atoms with Gasteiger partial charge in [-0.05, 0) is 24.5 Å². The normalized spacial score (nSPS) is 15.1. The van der Waals surface area contributed by atoms with E-state index in [1.807, 2.05) is 22.9 Å². The first-order chi connectivity index (χ1) is 8.34. The van der Waals surface area contributed by atoms with E-state index in [-0.39, 0.29) is 0 Å². The lowest BCUT2D eigenvalue weighted by Gasteiger charge is -2.12. The van der Waals surface area contributed by atoms with Crippen LogP contribution in [0, 0.1) is 0 Å². The zero-order valence-electron chi connectivity index (χ0n) is 9.44. The summed E-state index contributed by atoms with van der Waals surface area (Å²) in [6.07, 6.45) is 8.05. The summed E-state index contributed by atoms with van der Waals surface area (Å²) in [5, 5.41) is 4.27. The van der Waals surface area contributed by atoms with E-state index in [2.05, 4.69) is 16.4 Å². The standard InChI is InChI=1S/C13H14ClN3/c14-12-3-1-2-10(8-16-11-4-5-11)13(12)17-7-6-15-9-17/h1-3,6-7,9,11,16H,4-5,8H2. The molecule has 17 heavy (non-hydrogen) atoms. The Kier molecular flexibility index (Phi) is 2.87. The van der Waals surface area contributed by atoms with E-state index in [9.17, 15) is 0 Å². The summed E-state index contributed by atoms with van der Waals surface area (Å²) in [7, 11) is 0. The summed E-state index contributed by atoms with van der Waals surface area (Å²) in [6, 6.07) is 6.71. The molecule has 2 aromatic rings. The smallest absolute Gasteiger partial charge is 0.0992 e. The van der Waals surface area contributed by atoms with Gasteiger partial charge in [0.25, 0.3) is 0 Å². The van der Waals surface area contributed by atoms with E-state index in [1.165, 1.54) is 18.4 Å². The van der Waals surface area contributed by atoms with Gasteiger partial charge in [-0.25, -0.2) is 4.98 Å². The monoisotopic (exact) mass is 247 g/mol. The van der Waals surface area contributed by atoms with E-state index >= 15 is 0 Å². The van der Waals surface area contributed by atoms with Gasteiger partial charge in [0.2, 0.25) is 0 Å². The number of hydrogen-bond donors (Lipinski definition) is 1. The second-order valence-corrected chi connectivity index (χ2v) is 4.78. The van der Waals surface area contributed by atoms with Gasteiger partial charge in [-0.2, -0.15) is 0 Å². The van der Waals surface area contributed by atoms with E-state index < -0.39 is 0 Å². The molecule has 0 spiro atoms. The molecule has 3 rings (SSSR count). The van der Waals surface area contributed by atoms with Gasteiger partial charge in [0.05, 0.1) is 17.0 Å². The molecule has 1 aliphatic carbocycles. The minimum Gasteiger partial charge on any atom is -0.310 e. The van der Waals surface area contributed by atoms with Crippen molar-refractivity contribution in [3.63, 3.8) is 0 Å². The molecular formula is C13H14ClN3. The molecule has 1 saturated carbocycles. The van der Waals surface area contributed by atoms with E-state index in [1.54, 1.807) is 12.5 Å². The van der Waals surface area contributed by atoms with Crippen LogP contribution in [0.3, 0.4) is 0 Å². The maximum absolute atomic E-state index is 6.28. The fraction of sp³-hybridized carbons (Fsp3) is 0.308. The fourth-order valence-electron chi connectivity index (χ4n) is 1.92. The molecule has 1 aromatic carbocycles. The van der Waals surface area contributed by atoms with Gasteiger partial charge in [-0.15, -0.1) is 0 Å². The number of nitrogens with zero attached hydrogens (tertiary/aromatic N) is 2. The van der Waals surface area contributed by atoms with Gasteiger partial charge in [0.1, 0.15) is 0 Å². The molecule has 0 saturated heterocycles. The van der Waals surface area contributed by atoms with Gasteiger partial charge < -0.3 is 9.88 Å². The van der Waals surface area contributed by atoms with Crippen LogP contribution in [0.4, 0.5) is 0 Å². The summed E-state index contributed by atoms with van der Waals surface area (Å²) in [4.78, 5) is 4.07. The number of nitrogens with one attached hydrogen (secondary N) is 1. The van der Waals surface area contributed by atoms with Crippen LogP contribution in [0.1, 0.15) is 18.4 Å². The summed E-state index contributed by atoms with van der Waals surface area (Å²) < 4.78 is 1.96. The van der Waals surface area contributed by atoms with Crippen molar-refractivity contribution >= 4 is 11.6 Å². The van der Waals surface area contributed by atoms with E-state index in [4.69, 9.17) is 11.6 Å². The number of imidazole rings is 1. The van der Waals surface area contributed by atoms with Gasteiger partial charge in [-0.3, -0.25) is 0 Å². The van der Waals surface area contributed by atoms with Crippen molar-refractivity contribution in [2.45, 2.75) is 25.4 Å². The number of aromatic nitrogens is 2. The minimum atomic E-state index is 0.699. The Morgan fingerprint density at radius 3 is 3.00 bits per heavy atom. The average Bonchev–Trinajstić information content (AvgIpc) is 3.01. The van der Waals surface area contributed by atoms with Crippen molar-refractivity contribution in [3.8, 4) is 5.69 Å². The number of para-hydroxylation sites is 1. The summed E-state index contributed by atoms with van der Waals surface area (Å²) >= 11 is 6.28. The maximum Gasteiger partial charge on any atom is 0.0992 e. The average molecular weight is 248 g/mol. The molecule has 1 N–H and O–H groups in total. The molecule has 1 fully saturated rings. The van der Waals surface area contributed by atoms with Crippen molar-refractivity contribution in [2.24, 2.45) is 0 Å². The predicted octanol–water partition coefficient (Wildman–Crippen LogP) is 2.78. The van der Waals surface area contributed by atoms with Crippen LogP contribution in [0.5, 0.6) is 0 Å². The van der Waals surface area contributed by atoms with Crippen LogP contribution in [0.15, 0.2) is 36.9 Å². The van der Waals surface area contributed by atoms with Gasteiger partial charge >= 0.3 is 0 Å². The molecule has 0 aliphatic heterocycles. The molecule has 1 heterocycles. The first-order valence-corrected chi connectivity index (χ1v) is 6.21. The Hall–Kier alpha value is -1.32. The van der Waals surface area contributed by atoms with Crippen LogP contribution in [-0.4, -0.2) is 15.6 Å². The maximum atomic E-state index is 6.28. The molecule has 0 amide bonds. The molecule has 0 atom stereocenters. The van der Waals surface area contributed by atoms with Crippen molar-refractivity contribution in [3.05, 3.63) is 47.5 Å². The van der Waals surface area contributed by atoms with Crippen molar-refractivity contribution < 1.29 is 0 Å².